The minimum Gasteiger partial charge on any atom is -0.423 e. The number of amides is 1. The third kappa shape index (κ3) is 4.49. The summed E-state index contributed by atoms with van der Waals surface area (Å²) in [5, 5.41) is 0.0251. The van der Waals surface area contributed by atoms with Gasteiger partial charge in [-0.05, 0) is 42.0 Å². The van der Waals surface area contributed by atoms with Gasteiger partial charge in [0.2, 0.25) is 0 Å². The lowest BCUT2D eigenvalue weighted by Crippen LogP contribution is -2.48. The van der Waals surface area contributed by atoms with Gasteiger partial charge >= 0.3 is 0 Å². The van der Waals surface area contributed by atoms with Crippen molar-refractivity contribution in [2.75, 3.05) is 31.1 Å². The fourth-order valence-electron chi connectivity index (χ4n) is 3.87. The molecule has 0 unspecified atom stereocenters. The minimum absolute atomic E-state index is 0.0251. The summed E-state index contributed by atoms with van der Waals surface area (Å²) >= 11 is 0. The molecule has 0 atom stereocenters. The van der Waals surface area contributed by atoms with Crippen LogP contribution in [0.3, 0.4) is 0 Å². The standard InChI is InChI=1S/C24H21FN4O4S/c25-19-8-9-20-21(15-19)33-24(27-20)29-13-11-28(12-14-29)23(30)18-6-4-17(5-7-18)16-34(31,32)22-3-1-2-10-26-22/h1-10,15H,11-14,16H2. The van der Waals surface area contributed by atoms with Crippen molar-refractivity contribution in [1.82, 2.24) is 14.9 Å². The minimum atomic E-state index is -3.56. The van der Waals surface area contributed by atoms with E-state index in [-0.39, 0.29) is 22.5 Å². The smallest absolute Gasteiger partial charge is 0.298 e. The molecular formula is C24H21FN4O4S. The molecule has 0 aliphatic carbocycles. The van der Waals surface area contributed by atoms with Gasteiger partial charge in [-0.3, -0.25) is 4.79 Å². The molecule has 5 rings (SSSR count). The summed E-state index contributed by atoms with van der Waals surface area (Å²) in [6.45, 7) is 2.01. The quantitative estimate of drug-likeness (QED) is 0.432. The highest BCUT2D eigenvalue weighted by atomic mass is 32.2. The number of pyridine rings is 1. The summed E-state index contributed by atoms with van der Waals surface area (Å²) in [5.74, 6) is -0.699. The molecule has 0 radical (unpaired) electrons. The van der Waals surface area contributed by atoms with Crippen LogP contribution < -0.4 is 4.90 Å². The Labute approximate surface area is 195 Å². The van der Waals surface area contributed by atoms with Gasteiger partial charge in [0, 0.05) is 44.0 Å². The van der Waals surface area contributed by atoms with Gasteiger partial charge in [0.25, 0.3) is 11.9 Å². The van der Waals surface area contributed by atoms with E-state index in [1.807, 2.05) is 4.90 Å². The second-order valence-electron chi connectivity index (χ2n) is 8.01. The Morgan fingerprint density at radius 3 is 2.47 bits per heavy atom. The van der Waals surface area contributed by atoms with Gasteiger partial charge in [0.1, 0.15) is 11.3 Å². The highest BCUT2D eigenvalue weighted by Gasteiger charge is 2.25. The SMILES string of the molecule is O=C(c1ccc(CS(=O)(=O)c2ccccn2)cc1)N1CCN(c2nc3ccc(F)cc3o2)CC1. The van der Waals surface area contributed by atoms with Crippen molar-refractivity contribution < 1.29 is 22.0 Å². The normalized spacial score (nSPS) is 14.5. The first-order chi connectivity index (χ1) is 16.4. The molecule has 0 saturated carbocycles. The predicted octanol–water partition coefficient (Wildman–Crippen LogP) is 3.30. The lowest BCUT2D eigenvalue weighted by Gasteiger charge is -2.33. The average Bonchev–Trinajstić information content (AvgIpc) is 3.28. The van der Waals surface area contributed by atoms with Crippen LogP contribution in [0.4, 0.5) is 10.4 Å². The van der Waals surface area contributed by atoms with E-state index in [1.54, 1.807) is 47.4 Å². The van der Waals surface area contributed by atoms with Crippen molar-refractivity contribution >= 4 is 32.9 Å². The number of aromatic nitrogens is 2. The molecule has 2 aromatic carbocycles. The van der Waals surface area contributed by atoms with Crippen molar-refractivity contribution in [2.45, 2.75) is 10.8 Å². The molecule has 0 bridgehead atoms. The Bertz CT molecular complexity index is 1430. The summed E-state index contributed by atoms with van der Waals surface area (Å²) < 4.78 is 44.1. The van der Waals surface area contributed by atoms with Crippen LogP contribution in [0.1, 0.15) is 15.9 Å². The van der Waals surface area contributed by atoms with Gasteiger partial charge in [-0.2, -0.15) is 4.98 Å². The molecule has 1 fully saturated rings. The van der Waals surface area contributed by atoms with Crippen molar-refractivity contribution in [1.29, 1.82) is 0 Å². The van der Waals surface area contributed by atoms with E-state index in [4.69, 9.17) is 4.42 Å². The molecule has 34 heavy (non-hydrogen) atoms. The number of hydrogen-bond acceptors (Lipinski definition) is 7. The molecular weight excluding hydrogens is 459 g/mol. The zero-order chi connectivity index (χ0) is 23.7. The summed E-state index contributed by atoms with van der Waals surface area (Å²) in [7, 11) is -3.56. The van der Waals surface area contributed by atoms with E-state index in [0.29, 0.717) is 54.4 Å². The number of sulfone groups is 1. The molecule has 3 heterocycles. The van der Waals surface area contributed by atoms with E-state index in [0.717, 1.165) is 0 Å². The van der Waals surface area contributed by atoms with Crippen LogP contribution in [0, 0.1) is 5.82 Å². The summed E-state index contributed by atoms with van der Waals surface area (Å²) in [6.07, 6.45) is 1.44. The van der Waals surface area contributed by atoms with Crippen LogP contribution in [-0.4, -0.2) is 55.4 Å². The Balaban J connectivity index is 1.21. The number of benzene rings is 2. The first-order valence-corrected chi connectivity index (χ1v) is 12.4. The fraction of sp³-hybridized carbons (Fsp3) is 0.208. The van der Waals surface area contributed by atoms with Gasteiger partial charge in [0.05, 0.1) is 5.75 Å². The number of hydrogen-bond donors (Lipinski definition) is 0. The highest BCUT2D eigenvalue weighted by molar-refractivity contribution is 7.90. The number of piperazine rings is 1. The Hall–Kier alpha value is -3.79. The first-order valence-electron chi connectivity index (χ1n) is 10.7. The zero-order valence-electron chi connectivity index (χ0n) is 18.1. The second-order valence-corrected chi connectivity index (χ2v) is 9.95. The lowest BCUT2D eigenvalue weighted by molar-refractivity contribution is 0.0745. The maximum atomic E-state index is 13.4. The predicted molar refractivity (Wildman–Crippen MR) is 124 cm³/mol. The molecule has 0 N–H and O–H groups in total. The number of fused-ring (bicyclic) bond motifs is 1. The molecule has 4 aromatic rings. The van der Waals surface area contributed by atoms with E-state index >= 15 is 0 Å². The molecule has 10 heteroatoms. The van der Waals surface area contributed by atoms with Gasteiger partial charge in [-0.15, -0.1) is 0 Å². The molecule has 1 amide bonds. The molecule has 1 aliphatic rings. The largest absolute Gasteiger partial charge is 0.423 e. The zero-order valence-corrected chi connectivity index (χ0v) is 18.9. The van der Waals surface area contributed by atoms with Gasteiger partial charge in [-0.25, -0.2) is 17.8 Å². The molecule has 0 spiro atoms. The number of oxazole rings is 1. The average molecular weight is 481 g/mol. The highest BCUT2D eigenvalue weighted by Crippen LogP contribution is 2.24. The molecule has 1 aliphatic heterocycles. The summed E-state index contributed by atoms with van der Waals surface area (Å²) in [4.78, 5) is 24.9. The van der Waals surface area contributed by atoms with Gasteiger partial charge in [-0.1, -0.05) is 18.2 Å². The van der Waals surface area contributed by atoms with Gasteiger partial charge in [0.15, 0.2) is 20.4 Å². The van der Waals surface area contributed by atoms with E-state index in [1.165, 1.54) is 24.4 Å². The summed E-state index contributed by atoms with van der Waals surface area (Å²) in [5.41, 5.74) is 2.04. The van der Waals surface area contributed by atoms with Crippen molar-refractivity contribution in [3.8, 4) is 0 Å². The molecule has 174 valence electrons. The molecule has 2 aromatic heterocycles. The molecule has 8 nitrogen and oxygen atoms in total. The maximum Gasteiger partial charge on any atom is 0.298 e. The number of nitrogens with zero attached hydrogens (tertiary/aromatic N) is 4. The van der Waals surface area contributed by atoms with Crippen LogP contribution in [0.15, 0.2) is 76.3 Å². The van der Waals surface area contributed by atoms with Crippen LogP contribution in [-0.2, 0) is 15.6 Å². The number of anilines is 1. The number of rotatable bonds is 5. The van der Waals surface area contributed by atoms with Crippen LogP contribution in [0.2, 0.25) is 0 Å². The first kappa shape index (κ1) is 22.0. The monoisotopic (exact) mass is 480 g/mol. The fourth-order valence-corrected chi connectivity index (χ4v) is 5.16. The second kappa shape index (κ2) is 8.86. The summed E-state index contributed by atoms with van der Waals surface area (Å²) in [6, 6.07) is 16.0. The maximum absolute atomic E-state index is 13.4. The third-order valence-corrected chi connectivity index (χ3v) is 7.28. The molecule has 1 saturated heterocycles. The topological polar surface area (TPSA) is 96.6 Å². The number of carbonyl (C=O) groups excluding carboxylic acids is 1. The van der Waals surface area contributed by atoms with Crippen LogP contribution >= 0.6 is 0 Å². The Kier molecular flexibility index (Phi) is 5.74. The number of carbonyl (C=O) groups is 1. The van der Waals surface area contributed by atoms with Crippen molar-refractivity contribution in [3.05, 3.63) is 83.8 Å². The Morgan fingerprint density at radius 1 is 1.00 bits per heavy atom. The van der Waals surface area contributed by atoms with Crippen molar-refractivity contribution in [3.63, 3.8) is 0 Å². The van der Waals surface area contributed by atoms with Crippen molar-refractivity contribution in [2.24, 2.45) is 0 Å². The van der Waals surface area contributed by atoms with E-state index < -0.39 is 9.84 Å². The third-order valence-electron chi connectivity index (χ3n) is 5.69. The van der Waals surface area contributed by atoms with Gasteiger partial charge < -0.3 is 14.2 Å². The Morgan fingerprint density at radius 2 is 1.76 bits per heavy atom. The van der Waals surface area contributed by atoms with E-state index in [2.05, 4.69) is 9.97 Å². The van der Waals surface area contributed by atoms with Crippen LogP contribution in [0.5, 0.6) is 0 Å². The van der Waals surface area contributed by atoms with E-state index in [9.17, 15) is 17.6 Å². The lowest BCUT2D eigenvalue weighted by atomic mass is 10.1. The number of halogens is 1. The van der Waals surface area contributed by atoms with Crippen LogP contribution in [0.25, 0.3) is 11.1 Å².